The predicted molar refractivity (Wildman–Crippen MR) is 63.8 cm³/mol. The molecule has 2 amide bonds. The number of nitrogens with zero attached hydrogens (tertiary/aromatic N) is 1. The van der Waals surface area contributed by atoms with Gasteiger partial charge in [0.25, 0.3) is 0 Å². The number of carboxylic acids is 1. The molecule has 1 fully saturated rings. The maximum atomic E-state index is 11.5. The van der Waals surface area contributed by atoms with Gasteiger partial charge in [0.15, 0.2) is 0 Å². The number of hydrogen-bond acceptors (Lipinski definition) is 3. The first-order chi connectivity index (χ1) is 7.59. The van der Waals surface area contributed by atoms with Crippen LogP contribution in [0.4, 0.5) is 4.79 Å². The molecule has 2 N–H and O–H groups in total. The molecule has 92 valence electrons. The van der Waals surface area contributed by atoms with E-state index in [-0.39, 0.29) is 19.0 Å². The van der Waals surface area contributed by atoms with Crippen LogP contribution in [0.5, 0.6) is 0 Å². The highest BCUT2D eigenvalue weighted by atomic mass is 32.2. The van der Waals surface area contributed by atoms with Gasteiger partial charge in [-0.15, -0.1) is 0 Å². The minimum Gasteiger partial charge on any atom is -0.481 e. The molecular formula is C10H18N2O3S. The van der Waals surface area contributed by atoms with E-state index >= 15 is 0 Å². The Kier molecular flexibility index (Phi) is 5.45. The van der Waals surface area contributed by atoms with Crippen molar-refractivity contribution in [2.45, 2.75) is 24.5 Å². The normalized spacial score (nSPS) is 19.4. The molecule has 16 heavy (non-hydrogen) atoms. The van der Waals surface area contributed by atoms with Crippen molar-refractivity contribution < 1.29 is 14.7 Å². The Morgan fingerprint density at radius 3 is 2.88 bits per heavy atom. The summed E-state index contributed by atoms with van der Waals surface area (Å²) in [6.45, 7) is 0.930. The smallest absolute Gasteiger partial charge is 0.317 e. The van der Waals surface area contributed by atoms with Crippen molar-refractivity contribution in [1.29, 1.82) is 0 Å². The summed E-state index contributed by atoms with van der Waals surface area (Å²) in [6.07, 6.45) is 2.37. The molecule has 0 aromatic rings. The van der Waals surface area contributed by atoms with Crippen LogP contribution in [0.15, 0.2) is 0 Å². The van der Waals surface area contributed by atoms with Gasteiger partial charge in [-0.25, -0.2) is 4.79 Å². The van der Waals surface area contributed by atoms with E-state index in [1.807, 2.05) is 11.8 Å². The van der Waals surface area contributed by atoms with Gasteiger partial charge >= 0.3 is 12.0 Å². The standard InChI is InChI=1S/C10H18N2O3S/c1-12(5-4-9(13)14)10(15)11-7-8-3-2-6-16-8/h8H,2-7H2,1H3,(H,11,15)(H,13,14). The molecule has 6 heteroatoms. The highest BCUT2D eigenvalue weighted by Crippen LogP contribution is 2.25. The maximum Gasteiger partial charge on any atom is 0.317 e. The number of thioether (sulfide) groups is 1. The van der Waals surface area contributed by atoms with Gasteiger partial charge in [0.1, 0.15) is 0 Å². The lowest BCUT2D eigenvalue weighted by Crippen LogP contribution is -2.40. The van der Waals surface area contributed by atoms with E-state index in [0.717, 1.165) is 6.42 Å². The molecule has 0 aliphatic carbocycles. The van der Waals surface area contributed by atoms with Gasteiger partial charge in [0, 0.05) is 25.4 Å². The van der Waals surface area contributed by atoms with Gasteiger partial charge in [-0.05, 0) is 18.6 Å². The zero-order valence-corrected chi connectivity index (χ0v) is 10.3. The molecule has 0 radical (unpaired) electrons. The average molecular weight is 246 g/mol. The van der Waals surface area contributed by atoms with E-state index in [1.165, 1.54) is 17.1 Å². The number of nitrogens with one attached hydrogen (secondary N) is 1. The van der Waals surface area contributed by atoms with Gasteiger partial charge in [0.2, 0.25) is 0 Å². The van der Waals surface area contributed by atoms with Crippen LogP contribution in [0.2, 0.25) is 0 Å². The summed E-state index contributed by atoms with van der Waals surface area (Å²) in [5.41, 5.74) is 0. The van der Waals surface area contributed by atoms with Gasteiger partial charge in [-0.3, -0.25) is 4.79 Å². The second-order valence-corrected chi connectivity index (χ2v) is 5.29. The van der Waals surface area contributed by atoms with E-state index < -0.39 is 5.97 Å². The SMILES string of the molecule is CN(CCC(=O)O)C(=O)NCC1CCCS1. The number of carboxylic acid groups (broad SMARTS) is 1. The number of carbonyl (C=O) groups is 2. The Morgan fingerprint density at radius 1 is 1.56 bits per heavy atom. The van der Waals surface area contributed by atoms with Crippen LogP contribution in [0.1, 0.15) is 19.3 Å². The molecule has 1 unspecified atom stereocenters. The first kappa shape index (κ1) is 13.2. The molecule has 1 aliphatic rings. The van der Waals surface area contributed by atoms with Crippen LogP contribution < -0.4 is 5.32 Å². The number of hydrogen-bond donors (Lipinski definition) is 2. The average Bonchev–Trinajstić information content (AvgIpc) is 2.75. The largest absolute Gasteiger partial charge is 0.481 e. The van der Waals surface area contributed by atoms with Gasteiger partial charge in [-0.1, -0.05) is 0 Å². The molecule has 0 spiro atoms. The van der Waals surface area contributed by atoms with Crippen molar-refractivity contribution in [3.63, 3.8) is 0 Å². The van der Waals surface area contributed by atoms with Gasteiger partial charge < -0.3 is 15.3 Å². The molecule has 1 aliphatic heterocycles. The number of carbonyl (C=O) groups excluding carboxylic acids is 1. The first-order valence-corrected chi connectivity index (χ1v) is 6.47. The molecule has 0 bridgehead atoms. The lowest BCUT2D eigenvalue weighted by molar-refractivity contribution is -0.137. The molecule has 0 saturated carbocycles. The predicted octanol–water partition coefficient (Wildman–Crippen LogP) is 0.998. The third-order valence-corrected chi connectivity index (χ3v) is 3.91. The summed E-state index contributed by atoms with van der Waals surface area (Å²) < 4.78 is 0. The highest BCUT2D eigenvalue weighted by molar-refractivity contribution is 8.00. The summed E-state index contributed by atoms with van der Waals surface area (Å²) in [6, 6.07) is -0.186. The summed E-state index contributed by atoms with van der Waals surface area (Å²) in [5, 5.41) is 11.8. The monoisotopic (exact) mass is 246 g/mol. The fraction of sp³-hybridized carbons (Fsp3) is 0.800. The Labute approximate surface area is 99.6 Å². The summed E-state index contributed by atoms with van der Waals surface area (Å²) in [7, 11) is 1.61. The van der Waals surface area contributed by atoms with Crippen LogP contribution in [-0.2, 0) is 4.79 Å². The number of amides is 2. The van der Waals surface area contributed by atoms with Gasteiger partial charge in [-0.2, -0.15) is 11.8 Å². The topological polar surface area (TPSA) is 69.6 Å². The maximum absolute atomic E-state index is 11.5. The molecular weight excluding hydrogens is 228 g/mol. The lowest BCUT2D eigenvalue weighted by Gasteiger charge is -2.18. The number of rotatable bonds is 5. The summed E-state index contributed by atoms with van der Waals surface area (Å²) in [4.78, 5) is 23.3. The first-order valence-electron chi connectivity index (χ1n) is 5.42. The fourth-order valence-electron chi connectivity index (χ4n) is 1.51. The molecule has 1 heterocycles. The highest BCUT2D eigenvalue weighted by Gasteiger charge is 2.17. The second kappa shape index (κ2) is 6.62. The second-order valence-electron chi connectivity index (χ2n) is 3.89. The van der Waals surface area contributed by atoms with Crippen molar-refractivity contribution >= 4 is 23.8 Å². The summed E-state index contributed by atoms with van der Waals surface area (Å²) >= 11 is 1.89. The van der Waals surface area contributed by atoms with E-state index in [1.54, 1.807) is 7.05 Å². The Balaban J connectivity index is 2.15. The van der Waals surface area contributed by atoms with E-state index in [2.05, 4.69) is 5.32 Å². The van der Waals surface area contributed by atoms with Crippen LogP contribution in [0.3, 0.4) is 0 Å². The van der Waals surface area contributed by atoms with Crippen LogP contribution in [-0.4, -0.2) is 53.1 Å². The fourth-order valence-corrected chi connectivity index (χ4v) is 2.71. The van der Waals surface area contributed by atoms with Crippen LogP contribution >= 0.6 is 11.8 Å². The Bertz CT molecular complexity index is 254. The van der Waals surface area contributed by atoms with Crippen molar-refractivity contribution in [1.82, 2.24) is 10.2 Å². The number of urea groups is 1. The van der Waals surface area contributed by atoms with Crippen LogP contribution in [0, 0.1) is 0 Å². The zero-order chi connectivity index (χ0) is 12.0. The van der Waals surface area contributed by atoms with Crippen LogP contribution in [0.25, 0.3) is 0 Å². The Morgan fingerprint density at radius 2 is 2.31 bits per heavy atom. The van der Waals surface area contributed by atoms with E-state index in [9.17, 15) is 9.59 Å². The van der Waals surface area contributed by atoms with Crippen molar-refractivity contribution in [3.05, 3.63) is 0 Å². The third-order valence-electron chi connectivity index (χ3n) is 2.51. The zero-order valence-electron chi connectivity index (χ0n) is 9.44. The van der Waals surface area contributed by atoms with Gasteiger partial charge in [0.05, 0.1) is 6.42 Å². The third kappa shape index (κ3) is 4.74. The summed E-state index contributed by atoms with van der Waals surface area (Å²) in [5.74, 6) is 0.293. The minimum absolute atomic E-state index is 0.0118. The van der Waals surface area contributed by atoms with Crippen molar-refractivity contribution in [2.24, 2.45) is 0 Å². The molecule has 0 aromatic heterocycles. The molecule has 5 nitrogen and oxygen atoms in total. The van der Waals surface area contributed by atoms with E-state index in [4.69, 9.17) is 5.11 Å². The molecule has 1 rings (SSSR count). The minimum atomic E-state index is -0.883. The Hall–Kier alpha value is -0.910. The number of aliphatic carboxylic acids is 1. The molecule has 1 atom stereocenters. The lowest BCUT2D eigenvalue weighted by atomic mass is 10.2. The van der Waals surface area contributed by atoms with Crippen molar-refractivity contribution in [3.8, 4) is 0 Å². The molecule has 0 aromatic carbocycles. The quantitative estimate of drug-likeness (QED) is 0.759. The van der Waals surface area contributed by atoms with Crippen molar-refractivity contribution in [2.75, 3.05) is 25.9 Å². The molecule has 1 saturated heterocycles. The van der Waals surface area contributed by atoms with E-state index in [0.29, 0.717) is 11.8 Å².